The first-order valence-corrected chi connectivity index (χ1v) is 13.8. The van der Waals surface area contributed by atoms with E-state index in [1.807, 2.05) is 65.2 Å². The van der Waals surface area contributed by atoms with Crippen molar-refractivity contribution in [3.63, 3.8) is 0 Å². The number of halogens is 3. The minimum Gasteiger partial charge on any atom is -0.506 e. The van der Waals surface area contributed by atoms with Gasteiger partial charge < -0.3 is 5.11 Å². The normalized spacial score (nSPS) is 11.1. The molecule has 4 aromatic rings. The molecule has 0 unspecified atom stereocenters. The number of carbonyl (C=O) groups is 1. The Balaban J connectivity index is 1.50. The number of nitrogens with zero attached hydrogens (tertiary/aromatic N) is 4. The minimum atomic E-state index is -0.298. The number of aromatic hydroxyl groups is 1. The lowest BCUT2D eigenvalue weighted by atomic mass is 10.2. The van der Waals surface area contributed by atoms with E-state index in [2.05, 4.69) is 81.8 Å². The molecule has 0 saturated carbocycles. The molecule has 4 rings (SSSR count). The van der Waals surface area contributed by atoms with Crippen molar-refractivity contribution in [2.24, 2.45) is 5.10 Å². The summed E-state index contributed by atoms with van der Waals surface area (Å²) in [5.41, 5.74) is 4.84. The Bertz CT molecular complexity index is 1350. The maximum Gasteiger partial charge on any atom is 0.250 e. The van der Waals surface area contributed by atoms with Gasteiger partial charge in [0.1, 0.15) is 5.75 Å². The first-order valence-electron chi connectivity index (χ1n) is 9.82. The van der Waals surface area contributed by atoms with E-state index in [9.17, 15) is 9.90 Å². The summed E-state index contributed by atoms with van der Waals surface area (Å²) < 4.78 is 4.57. The van der Waals surface area contributed by atoms with Gasteiger partial charge in [-0.05, 0) is 81.6 Å². The first kappa shape index (κ1) is 25.1. The first-order chi connectivity index (χ1) is 16.4. The number of thioether (sulfide) groups is 1. The Morgan fingerprint density at radius 1 is 1.12 bits per heavy atom. The van der Waals surface area contributed by atoms with Gasteiger partial charge in [0.05, 0.1) is 15.5 Å². The Morgan fingerprint density at radius 2 is 1.85 bits per heavy atom. The number of hydrazone groups is 1. The van der Waals surface area contributed by atoms with Gasteiger partial charge in [-0.1, -0.05) is 58.0 Å². The van der Waals surface area contributed by atoms with Crippen LogP contribution in [0.2, 0.25) is 0 Å². The highest BCUT2D eigenvalue weighted by atomic mass is 127. The maximum atomic E-state index is 12.4. The molecule has 1 amide bonds. The highest BCUT2D eigenvalue weighted by molar-refractivity contribution is 14.1. The van der Waals surface area contributed by atoms with Crippen molar-refractivity contribution in [2.45, 2.75) is 5.16 Å². The van der Waals surface area contributed by atoms with Crippen LogP contribution in [-0.4, -0.2) is 37.7 Å². The Morgan fingerprint density at radius 3 is 2.59 bits per heavy atom. The average molecular weight is 760 g/mol. The number of nitrogens with one attached hydrogen (secondary N) is 1. The van der Waals surface area contributed by atoms with Crippen molar-refractivity contribution in [2.75, 3.05) is 5.75 Å². The molecule has 0 atom stereocenters. The van der Waals surface area contributed by atoms with Gasteiger partial charge in [-0.3, -0.25) is 9.36 Å². The van der Waals surface area contributed by atoms with Crippen molar-refractivity contribution in [1.82, 2.24) is 20.2 Å². The van der Waals surface area contributed by atoms with Crippen LogP contribution in [0.25, 0.3) is 17.1 Å². The Kier molecular flexibility index (Phi) is 8.60. The third-order valence-electron chi connectivity index (χ3n) is 4.53. The summed E-state index contributed by atoms with van der Waals surface area (Å²) in [5.74, 6) is 0.612. The van der Waals surface area contributed by atoms with E-state index in [4.69, 9.17) is 0 Å². The zero-order chi connectivity index (χ0) is 24.1. The van der Waals surface area contributed by atoms with Gasteiger partial charge in [-0.15, -0.1) is 10.2 Å². The van der Waals surface area contributed by atoms with Crippen molar-refractivity contribution >= 4 is 85.0 Å². The van der Waals surface area contributed by atoms with Gasteiger partial charge >= 0.3 is 0 Å². The molecule has 0 aliphatic carbocycles. The molecule has 7 nitrogen and oxygen atoms in total. The second-order valence-electron chi connectivity index (χ2n) is 6.89. The Labute approximate surface area is 235 Å². The third kappa shape index (κ3) is 6.17. The SMILES string of the molecule is O=C(CSc1nnc(-c2ccccc2)n1-c1ccc(Br)cc1)N/N=C/c1cc(I)cc(I)c1O. The predicted molar refractivity (Wildman–Crippen MR) is 154 cm³/mol. The molecule has 11 heteroatoms. The monoisotopic (exact) mass is 759 g/mol. The van der Waals surface area contributed by atoms with Crippen LogP contribution in [0.5, 0.6) is 5.75 Å². The Hall–Kier alpha value is -1.97. The van der Waals surface area contributed by atoms with E-state index < -0.39 is 0 Å². The molecule has 3 aromatic carbocycles. The molecule has 172 valence electrons. The number of benzene rings is 3. The molecule has 1 heterocycles. The lowest BCUT2D eigenvalue weighted by molar-refractivity contribution is -0.118. The lowest BCUT2D eigenvalue weighted by Crippen LogP contribution is -2.20. The smallest absolute Gasteiger partial charge is 0.250 e. The van der Waals surface area contributed by atoms with Crippen LogP contribution in [-0.2, 0) is 4.79 Å². The van der Waals surface area contributed by atoms with Gasteiger partial charge in [-0.2, -0.15) is 5.10 Å². The highest BCUT2D eigenvalue weighted by Gasteiger charge is 2.17. The van der Waals surface area contributed by atoms with E-state index >= 15 is 0 Å². The molecular formula is C23H16BrI2N5O2S. The number of aromatic nitrogens is 3. The quantitative estimate of drug-likeness (QED) is 0.107. The van der Waals surface area contributed by atoms with E-state index in [-0.39, 0.29) is 17.4 Å². The summed E-state index contributed by atoms with van der Waals surface area (Å²) in [4.78, 5) is 12.4. The average Bonchev–Trinajstić information content (AvgIpc) is 3.26. The fourth-order valence-corrected chi connectivity index (χ4v) is 5.88. The summed E-state index contributed by atoms with van der Waals surface area (Å²) in [5, 5.41) is 23.4. The number of amides is 1. The highest BCUT2D eigenvalue weighted by Crippen LogP contribution is 2.29. The second kappa shape index (κ2) is 11.6. The summed E-state index contributed by atoms with van der Waals surface area (Å²) in [7, 11) is 0. The third-order valence-corrected chi connectivity index (χ3v) is 7.44. The van der Waals surface area contributed by atoms with Crippen LogP contribution in [0.3, 0.4) is 0 Å². The molecule has 0 spiro atoms. The minimum absolute atomic E-state index is 0.0939. The molecule has 0 radical (unpaired) electrons. The van der Waals surface area contributed by atoms with E-state index in [1.54, 1.807) is 6.07 Å². The standard InChI is InChI=1S/C23H16BrI2N5O2S/c24-16-6-8-18(9-7-16)31-22(14-4-2-1-3-5-14)29-30-23(31)34-13-20(32)28-27-12-15-10-17(25)11-19(26)21(15)33/h1-12,33H,13H2,(H,28,32)/b27-12+. The largest absolute Gasteiger partial charge is 0.506 e. The molecule has 0 aliphatic heterocycles. The summed E-state index contributed by atoms with van der Waals surface area (Å²) in [6.45, 7) is 0. The van der Waals surface area contributed by atoms with Gasteiger partial charge in [0, 0.05) is 24.9 Å². The topological polar surface area (TPSA) is 92.4 Å². The molecule has 0 bridgehead atoms. The molecule has 2 N–H and O–H groups in total. The van der Waals surface area contributed by atoms with Crippen LogP contribution in [0.15, 0.2) is 81.5 Å². The molecule has 0 saturated heterocycles. The number of hydrogen-bond acceptors (Lipinski definition) is 6. The lowest BCUT2D eigenvalue weighted by Gasteiger charge is -2.10. The van der Waals surface area contributed by atoms with Crippen LogP contribution >= 0.6 is 72.9 Å². The number of rotatable bonds is 7. The zero-order valence-electron chi connectivity index (χ0n) is 17.3. The maximum absolute atomic E-state index is 12.4. The molecule has 34 heavy (non-hydrogen) atoms. The number of carbonyl (C=O) groups excluding carboxylic acids is 1. The molecular weight excluding hydrogens is 744 g/mol. The second-order valence-corrected chi connectivity index (χ2v) is 11.2. The van der Waals surface area contributed by atoms with E-state index in [0.29, 0.717) is 20.1 Å². The number of hydrogen-bond donors (Lipinski definition) is 2. The predicted octanol–water partition coefficient (Wildman–Crippen LogP) is 5.85. The van der Waals surface area contributed by atoms with Crippen LogP contribution in [0.4, 0.5) is 0 Å². The van der Waals surface area contributed by atoms with Crippen LogP contribution in [0, 0.1) is 7.14 Å². The van der Waals surface area contributed by atoms with Gasteiger partial charge in [0.2, 0.25) is 0 Å². The molecule has 1 aromatic heterocycles. The van der Waals surface area contributed by atoms with Gasteiger partial charge in [0.25, 0.3) is 5.91 Å². The van der Waals surface area contributed by atoms with Crippen molar-refractivity contribution in [3.8, 4) is 22.8 Å². The fraction of sp³-hybridized carbons (Fsp3) is 0.0435. The van der Waals surface area contributed by atoms with Crippen molar-refractivity contribution < 1.29 is 9.90 Å². The van der Waals surface area contributed by atoms with Crippen LogP contribution < -0.4 is 5.43 Å². The van der Waals surface area contributed by atoms with Crippen LogP contribution in [0.1, 0.15) is 5.56 Å². The van der Waals surface area contributed by atoms with Gasteiger partial charge in [0.15, 0.2) is 11.0 Å². The molecule has 0 aliphatic rings. The zero-order valence-corrected chi connectivity index (χ0v) is 24.0. The van der Waals surface area contributed by atoms with E-state index in [0.717, 1.165) is 19.3 Å². The summed E-state index contributed by atoms with van der Waals surface area (Å²) in [6.07, 6.45) is 1.43. The van der Waals surface area contributed by atoms with Crippen molar-refractivity contribution in [1.29, 1.82) is 0 Å². The molecule has 0 fully saturated rings. The van der Waals surface area contributed by atoms with Crippen molar-refractivity contribution in [3.05, 3.63) is 83.9 Å². The fourth-order valence-electron chi connectivity index (χ4n) is 2.98. The van der Waals surface area contributed by atoms with Gasteiger partial charge in [-0.25, -0.2) is 5.43 Å². The summed E-state index contributed by atoms with van der Waals surface area (Å²) >= 11 is 8.94. The summed E-state index contributed by atoms with van der Waals surface area (Å²) in [6, 6.07) is 21.2. The van der Waals surface area contributed by atoms with E-state index in [1.165, 1.54) is 18.0 Å². The number of phenolic OH excluding ortho intramolecular Hbond substituents is 1. The number of phenols is 1.